The summed E-state index contributed by atoms with van der Waals surface area (Å²) in [5, 5.41) is 0. The van der Waals surface area contributed by atoms with Gasteiger partial charge in [0.25, 0.3) is 10.2 Å². The molecule has 1 N–H and O–H groups in total. The minimum absolute atomic E-state index is 0.191. The predicted octanol–water partition coefficient (Wildman–Crippen LogP) is 1.24. The van der Waals surface area contributed by atoms with E-state index in [9.17, 15) is 8.42 Å². The van der Waals surface area contributed by atoms with E-state index in [2.05, 4.69) is 29.5 Å². The lowest BCUT2D eigenvalue weighted by atomic mass is 10.0. The fourth-order valence-corrected chi connectivity index (χ4v) is 4.86. The van der Waals surface area contributed by atoms with Crippen LogP contribution in [0, 0.1) is 5.92 Å². The molecule has 25 heavy (non-hydrogen) atoms. The van der Waals surface area contributed by atoms with E-state index in [0.717, 1.165) is 38.3 Å². The Kier molecular flexibility index (Phi) is 6.12. The van der Waals surface area contributed by atoms with Gasteiger partial charge in [-0.05, 0) is 23.5 Å². The molecule has 1 saturated heterocycles. The van der Waals surface area contributed by atoms with Gasteiger partial charge in [0, 0.05) is 38.8 Å². The summed E-state index contributed by atoms with van der Waals surface area (Å²) >= 11 is 0. The van der Waals surface area contributed by atoms with Crippen molar-refractivity contribution in [3.05, 3.63) is 35.4 Å². The molecule has 7 heteroatoms. The van der Waals surface area contributed by atoms with Crippen LogP contribution in [0.4, 0.5) is 0 Å². The van der Waals surface area contributed by atoms with Crippen LogP contribution in [-0.4, -0.2) is 63.1 Å². The van der Waals surface area contributed by atoms with Crippen molar-refractivity contribution in [1.82, 2.24) is 13.9 Å². The molecule has 0 aromatic heterocycles. The van der Waals surface area contributed by atoms with E-state index in [-0.39, 0.29) is 6.04 Å². The summed E-state index contributed by atoms with van der Waals surface area (Å²) in [6.07, 6.45) is 0.772. The average molecular weight is 368 g/mol. The fourth-order valence-electron chi connectivity index (χ4n) is 3.65. The van der Waals surface area contributed by atoms with Crippen LogP contribution >= 0.6 is 0 Å². The predicted molar refractivity (Wildman–Crippen MR) is 98.5 cm³/mol. The Hall–Kier alpha value is -0.990. The summed E-state index contributed by atoms with van der Waals surface area (Å²) in [5.74, 6) is 0.378. The molecule has 3 rings (SSSR count). The van der Waals surface area contributed by atoms with Gasteiger partial charge in [0.2, 0.25) is 0 Å². The van der Waals surface area contributed by atoms with Gasteiger partial charge in [0.15, 0.2) is 0 Å². The Balaban J connectivity index is 1.62. The maximum atomic E-state index is 12.8. The first kappa shape index (κ1) is 18.8. The summed E-state index contributed by atoms with van der Waals surface area (Å²) in [6, 6.07) is 8.27. The molecule has 2 aliphatic heterocycles. The number of morpholine rings is 1. The highest BCUT2D eigenvalue weighted by atomic mass is 32.2. The van der Waals surface area contributed by atoms with Gasteiger partial charge in [0.1, 0.15) is 0 Å². The Morgan fingerprint density at radius 1 is 1.12 bits per heavy atom. The molecule has 1 aromatic carbocycles. The first-order valence-corrected chi connectivity index (χ1v) is 10.5. The lowest BCUT2D eigenvalue weighted by Gasteiger charge is -2.37. The molecule has 1 fully saturated rings. The van der Waals surface area contributed by atoms with E-state index in [1.54, 1.807) is 4.31 Å². The molecule has 1 atom stereocenters. The second kappa shape index (κ2) is 8.14. The number of ether oxygens (including phenoxy) is 1. The van der Waals surface area contributed by atoms with Crippen LogP contribution in [0.15, 0.2) is 24.3 Å². The van der Waals surface area contributed by atoms with Gasteiger partial charge in [-0.15, -0.1) is 0 Å². The van der Waals surface area contributed by atoms with Gasteiger partial charge in [-0.25, -0.2) is 4.72 Å². The first-order valence-electron chi connectivity index (χ1n) is 9.10. The van der Waals surface area contributed by atoms with E-state index in [4.69, 9.17) is 4.74 Å². The third-order valence-electron chi connectivity index (χ3n) is 5.19. The van der Waals surface area contributed by atoms with E-state index in [0.29, 0.717) is 25.6 Å². The number of hydrogen-bond acceptors (Lipinski definition) is 4. The standard InChI is InChI=1S/C18H29N3O3S/c1-15(2)18(20-9-11-24-12-10-20)13-19-25(22,23)21-8-7-16-5-3-4-6-17(16)14-21/h3-6,15,18-19H,7-14H2,1-2H3. The minimum Gasteiger partial charge on any atom is -0.379 e. The molecular formula is C18H29N3O3S. The van der Waals surface area contributed by atoms with E-state index >= 15 is 0 Å². The molecule has 0 saturated carbocycles. The zero-order chi connectivity index (χ0) is 17.9. The van der Waals surface area contributed by atoms with Crippen molar-refractivity contribution < 1.29 is 13.2 Å². The van der Waals surface area contributed by atoms with Crippen molar-refractivity contribution >= 4 is 10.2 Å². The average Bonchev–Trinajstić information content (AvgIpc) is 2.62. The van der Waals surface area contributed by atoms with Crippen LogP contribution in [0.2, 0.25) is 0 Å². The Bertz CT molecular complexity index is 672. The van der Waals surface area contributed by atoms with Gasteiger partial charge in [-0.1, -0.05) is 38.1 Å². The summed E-state index contributed by atoms with van der Waals surface area (Å²) in [7, 11) is -3.47. The van der Waals surface area contributed by atoms with E-state index < -0.39 is 10.2 Å². The number of nitrogens with one attached hydrogen (secondary N) is 1. The number of fused-ring (bicyclic) bond motifs is 1. The Morgan fingerprint density at radius 2 is 1.80 bits per heavy atom. The second-order valence-electron chi connectivity index (χ2n) is 7.17. The van der Waals surface area contributed by atoms with E-state index in [1.165, 1.54) is 5.56 Å². The smallest absolute Gasteiger partial charge is 0.279 e. The third kappa shape index (κ3) is 4.60. The third-order valence-corrected chi connectivity index (χ3v) is 6.72. The van der Waals surface area contributed by atoms with Crippen LogP contribution in [0.1, 0.15) is 25.0 Å². The zero-order valence-electron chi connectivity index (χ0n) is 15.1. The van der Waals surface area contributed by atoms with Crippen LogP contribution in [0.25, 0.3) is 0 Å². The number of rotatable bonds is 6. The van der Waals surface area contributed by atoms with Crippen molar-refractivity contribution in [1.29, 1.82) is 0 Å². The van der Waals surface area contributed by atoms with Crippen LogP contribution in [-0.2, 0) is 27.9 Å². The molecule has 0 amide bonds. The Morgan fingerprint density at radius 3 is 2.48 bits per heavy atom. The molecular weight excluding hydrogens is 338 g/mol. The first-order chi connectivity index (χ1) is 12.0. The molecule has 0 bridgehead atoms. The molecule has 2 aliphatic rings. The summed E-state index contributed by atoms with van der Waals surface area (Å²) in [6.45, 7) is 8.89. The summed E-state index contributed by atoms with van der Waals surface area (Å²) in [4.78, 5) is 2.34. The number of nitrogens with zero attached hydrogens (tertiary/aromatic N) is 2. The van der Waals surface area contributed by atoms with Gasteiger partial charge in [-0.2, -0.15) is 12.7 Å². The number of hydrogen-bond donors (Lipinski definition) is 1. The molecule has 0 spiro atoms. The normalized spacial score (nSPS) is 21.2. The van der Waals surface area contributed by atoms with Crippen molar-refractivity contribution in [2.45, 2.75) is 32.9 Å². The number of benzene rings is 1. The van der Waals surface area contributed by atoms with Gasteiger partial charge >= 0.3 is 0 Å². The van der Waals surface area contributed by atoms with Crippen molar-refractivity contribution in [3.8, 4) is 0 Å². The lowest BCUT2D eigenvalue weighted by Crippen LogP contribution is -2.53. The molecule has 6 nitrogen and oxygen atoms in total. The molecule has 1 aromatic rings. The SMILES string of the molecule is CC(C)C(CNS(=O)(=O)N1CCc2ccccc2C1)N1CCOCC1. The summed E-state index contributed by atoms with van der Waals surface area (Å²) in [5.41, 5.74) is 2.36. The minimum atomic E-state index is -3.47. The monoisotopic (exact) mass is 367 g/mol. The topological polar surface area (TPSA) is 61.9 Å². The molecule has 0 aliphatic carbocycles. The maximum Gasteiger partial charge on any atom is 0.279 e. The maximum absolute atomic E-state index is 12.8. The second-order valence-corrected chi connectivity index (χ2v) is 8.92. The van der Waals surface area contributed by atoms with Crippen molar-refractivity contribution in [3.63, 3.8) is 0 Å². The summed E-state index contributed by atoms with van der Waals surface area (Å²) < 4.78 is 35.4. The van der Waals surface area contributed by atoms with Gasteiger partial charge in [0.05, 0.1) is 13.2 Å². The lowest BCUT2D eigenvalue weighted by molar-refractivity contribution is 0.00768. The van der Waals surface area contributed by atoms with E-state index in [1.807, 2.05) is 18.2 Å². The zero-order valence-corrected chi connectivity index (χ0v) is 16.0. The van der Waals surface area contributed by atoms with Crippen LogP contribution in [0.3, 0.4) is 0 Å². The van der Waals surface area contributed by atoms with Crippen molar-refractivity contribution in [2.24, 2.45) is 5.92 Å². The molecule has 140 valence electrons. The highest BCUT2D eigenvalue weighted by molar-refractivity contribution is 7.87. The molecule has 1 unspecified atom stereocenters. The Labute approximate surface area is 151 Å². The highest BCUT2D eigenvalue weighted by Gasteiger charge is 2.29. The molecule has 0 radical (unpaired) electrons. The van der Waals surface area contributed by atoms with Gasteiger partial charge < -0.3 is 4.74 Å². The fraction of sp³-hybridized carbons (Fsp3) is 0.667. The van der Waals surface area contributed by atoms with Crippen LogP contribution in [0.5, 0.6) is 0 Å². The van der Waals surface area contributed by atoms with Crippen molar-refractivity contribution in [2.75, 3.05) is 39.4 Å². The van der Waals surface area contributed by atoms with Gasteiger partial charge in [-0.3, -0.25) is 4.90 Å². The quantitative estimate of drug-likeness (QED) is 0.822. The molecule has 2 heterocycles. The largest absolute Gasteiger partial charge is 0.379 e. The highest BCUT2D eigenvalue weighted by Crippen LogP contribution is 2.20. The van der Waals surface area contributed by atoms with Crippen LogP contribution < -0.4 is 4.72 Å².